The lowest BCUT2D eigenvalue weighted by Crippen LogP contribution is -2.28. The van der Waals surface area contributed by atoms with Crippen molar-refractivity contribution in [2.75, 3.05) is 27.1 Å². The summed E-state index contributed by atoms with van der Waals surface area (Å²) in [6, 6.07) is 20.6. The Hall–Kier alpha value is -4.84. The molecule has 0 fully saturated rings. The minimum atomic E-state index is -0.292. The number of carbonyl (C=O) groups excluding carboxylic acids is 2. The van der Waals surface area contributed by atoms with Gasteiger partial charge in [0, 0.05) is 19.0 Å². The summed E-state index contributed by atoms with van der Waals surface area (Å²) in [5, 5.41) is 18.2. The first-order valence-corrected chi connectivity index (χ1v) is 14.9. The monoisotopic (exact) mass is 614 g/mol. The molecule has 1 unspecified atom stereocenters. The molecule has 12 heteroatoms. The number of carbonyl (C=O) groups is 2. The molecule has 4 aromatic rings. The van der Waals surface area contributed by atoms with Gasteiger partial charge >= 0.3 is 0 Å². The van der Waals surface area contributed by atoms with Crippen LogP contribution < -0.4 is 19.5 Å². The zero-order valence-electron chi connectivity index (χ0n) is 25.2. The van der Waals surface area contributed by atoms with Gasteiger partial charge in [-0.15, -0.1) is 10.2 Å². The maximum atomic E-state index is 13.6. The van der Waals surface area contributed by atoms with Crippen LogP contribution in [-0.4, -0.2) is 64.4 Å². The van der Waals surface area contributed by atoms with Gasteiger partial charge in [0.15, 0.2) is 22.5 Å². The van der Waals surface area contributed by atoms with E-state index in [1.54, 1.807) is 41.9 Å². The molecule has 11 nitrogen and oxygen atoms in total. The SMILES string of the molecule is COc1ccc(C2=NN(C(=O)CSc3nnc(CNC(=O)c4ccc(OC)c(OC)c4)n3C)C(c3ccc(C)cc3)C2)cc1. The molecule has 1 aliphatic heterocycles. The number of thioether (sulfide) groups is 1. The van der Waals surface area contributed by atoms with Crippen LogP contribution in [0.25, 0.3) is 0 Å². The lowest BCUT2D eigenvalue weighted by atomic mass is 9.97. The van der Waals surface area contributed by atoms with Crippen LogP contribution in [-0.2, 0) is 18.4 Å². The first-order valence-electron chi connectivity index (χ1n) is 13.9. The first kappa shape index (κ1) is 30.6. The van der Waals surface area contributed by atoms with Crippen LogP contribution in [0.2, 0.25) is 0 Å². The summed E-state index contributed by atoms with van der Waals surface area (Å²) in [5.41, 5.74) is 4.37. The lowest BCUT2D eigenvalue weighted by Gasteiger charge is -2.22. The summed E-state index contributed by atoms with van der Waals surface area (Å²) in [6.07, 6.45) is 0.597. The van der Waals surface area contributed by atoms with Crippen LogP contribution >= 0.6 is 11.8 Å². The van der Waals surface area contributed by atoms with Crippen LogP contribution in [0, 0.1) is 6.92 Å². The number of hydrazone groups is 1. The first-order chi connectivity index (χ1) is 21.3. The van der Waals surface area contributed by atoms with E-state index in [1.807, 2.05) is 55.5 Å². The molecule has 228 valence electrons. The maximum Gasteiger partial charge on any atom is 0.253 e. The summed E-state index contributed by atoms with van der Waals surface area (Å²) >= 11 is 1.27. The van der Waals surface area contributed by atoms with Crippen molar-refractivity contribution in [3.8, 4) is 17.2 Å². The van der Waals surface area contributed by atoms with Gasteiger partial charge in [0.1, 0.15) is 5.75 Å². The lowest BCUT2D eigenvalue weighted by molar-refractivity contribution is -0.130. The molecule has 0 saturated carbocycles. The molecule has 2 amide bonds. The molecule has 5 rings (SSSR count). The summed E-state index contributed by atoms with van der Waals surface area (Å²) < 4.78 is 17.6. The molecule has 44 heavy (non-hydrogen) atoms. The number of hydrogen-bond acceptors (Lipinski definition) is 9. The summed E-state index contributed by atoms with van der Waals surface area (Å²) in [7, 11) is 6.48. The predicted octanol–water partition coefficient (Wildman–Crippen LogP) is 4.55. The number of amides is 2. The van der Waals surface area contributed by atoms with E-state index in [4.69, 9.17) is 19.3 Å². The fourth-order valence-electron chi connectivity index (χ4n) is 4.80. The van der Waals surface area contributed by atoms with E-state index < -0.39 is 0 Å². The number of rotatable bonds is 11. The summed E-state index contributed by atoms with van der Waals surface area (Å²) in [6.45, 7) is 2.19. The van der Waals surface area contributed by atoms with Gasteiger partial charge in [-0.3, -0.25) is 9.59 Å². The average molecular weight is 615 g/mol. The highest BCUT2D eigenvalue weighted by molar-refractivity contribution is 7.99. The minimum absolute atomic E-state index is 0.117. The summed E-state index contributed by atoms with van der Waals surface area (Å²) in [4.78, 5) is 26.3. The van der Waals surface area contributed by atoms with E-state index in [-0.39, 0.29) is 30.2 Å². The van der Waals surface area contributed by atoms with Gasteiger partial charge in [-0.05, 0) is 60.5 Å². The number of nitrogens with one attached hydrogen (secondary N) is 1. The fourth-order valence-corrected chi connectivity index (χ4v) is 5.58. The van der Waals surface area contributed by atoms with Gasteiger partial charge < -0.3 is 24.1 Å². The van der Waals surface area contributed by atoms with Crippen LogP contribution in [0.3, 0.4) is 0 Å². The zero-order chi connectivity index (χ0) is 31.2. The number of ether oxygens (including phenoxy) is 3. The number of methoxy groups -OCH3 is 3. The van der Waals surface area contributed by atoms with Crippen LogP contribution in [0.15, 0.2) is 77.0 Å². The third kappa shape index (κ3) is 6.70. The molecule has 3 aromatic carbocycles. The molecule has 1 aromatic heterocycles. The average Bonchev–Trinajstić information content (AvgIpc) is 3.66. The third-order valence-corrected chi connectivity index (χ3v) is 8.36. The van der Waals surface area contributed by atoms with Gasteiger partial charge in [-0.2, -0.15) is 5.10 Å². The Balaban J connectivity index is 1.25. The van der Waals surface area contributed by atoms with E-state index in [0.29, 0.717) is 34.5 Å². The van der Waals surface area contributed by atoms with Gasteiger partial charge in [0.25, 0.3) is 11.8 Å². The highest BCUT2D eigenvalue weighted by Crippen LogP contribution is 2.34. The van der Waals surface area contributed by atoms with Crippen molar-refractivity contribution in [3.05, 3.63) is 94.8 Å². The van der Waals surface area contributed by atoms with Crippen molar-refractivity contribution in [2.45, 2.75) is 31.1 Å². The van der Waals surface area contributed by atoms with Crippen LogP contribution in [0.5, 0.6) is 17.2 Å². The molecule has 1 aliphatic rings. The molecular weight excluding hydrogens is 580 g/mol. The Bertz CT molecular complexity index is 1670. The smallest absolute Gasteiger partial charge is 0.253 e. The van der Waals surface area contributed by atoms with Crippen LogP contribution in [0.4, 0.5) is 0 Å². The van der Waals surface area contributed by atoms with Crippen molar-refractivity contribution < 1.29 is 23.8 Å². The number of nitrogens with zero attached hydrogens (tertiary/aromatic N) is 5. The Labute approximate surface area is 260 Å². The molecular formula is C32H34N6O5S. The number of hydrogen-bond donors (Lipinski definition) is 1. The van der Waals surface area contributed by atoms with E-state index in [2.05, 4.69) is 15.5 Å². The highest BCUT2D eigenvalue weighted by Gasteiger charge is 2.33. The summed E-state index contributed by atoms with van der Waals surface area (Å²) in [5.74, 6) is 1.99. The zero-order valence-corrected chi connectivity index (χ0v) is 26.1. The number of aromatic nitrogens is 3. The van der Waals surface area contributed by atoms with Gasteiger partial charge in [-0.25, -0.2) is 5.01 Å². The number of benzene rings is 3. The standard InChI is InChI=1S/C32H34N6O5S/c1-20-6-8-22(9-7-20)26-17-25(21-10-13-24(41-3)14-11-21)36-38(26)30(39)19-44-32-35-34-29(37(32)2)18-33-31(40)23-12-15-27(42-4)28(16-23)43-5/h6-16,26H,17-19H2,1-5H3,(H,33,40). The van der Waals surface area contributed by atoms with Gasteiger partial charge in [-0.1, -0.05) is 41.6 Å². The quantitative estimate of drug-likeness (QED) is 0.245. The Kier molecular flexibility index (Phi) is 9.49. The molecule has 2 heterocycles. The molecule has 0 aliphatic carbocycles. The molecule has 0 saturated heterocycles. The Morgan fingerprint density at radius 2 is 1.66 bits per heavy atom. The molecule has 0 radical (unpaired) electrons. The molecule has 0 bridgehead atoms. The minimum Gasteiger partial charge on any atom is -0.497 e. The van der Waals surface area contributed by atoms with E-state index in [9.17, 15) is 9.59 Å². The molecule has 0 spiro atoms. The topological polar surface area (TPSA) is 120 Å². The van der Waals surface area contributed by atoms with Crippen molar-refractivity contribution in [1.29, 1.82) is 0 Å². The predicted molar refractivity (Wildman–Crippen MR) is 167 cm³/mol. The number of aryl methyl sites for hydroxylation is 1. The second kappa shape index (κ2) is 13.6. The Morgan fingerprint density at radius 1 is 0.932 bits per heavy atom. The van der Waals surface area contributed by atoms with Crippen molar-refractivity contribution in [1.82, 2.24) is 25.1 Å². The Morgan fingerprint density at radius 3 is 2.34 bits per heavy atom. The largest absolute Gasteiger partial charge is 0.497 e. The van der Waals surface area contributed by atoms with Crippen molar-refractivity contribution in [2.24, 2.45) is 12.1 Å². The highest BCUT2D eigenvalue weighted by atomic mass is 32.2. The second-order valence-electron chi connectivity index (χ2n) is 10.1. The maximum absolute atomic E-state index is 13.6. The molecule has 1 atom stereocenters. The van der Waals surface area contributed by atoms with Gasteiger partial charge in [0.05, 0.1) is 45.4 Å². The molecule has 1 N–H and O–H groups in total. The normalized spacial score (nSPS) is 14.2. The fraction of sp³-hybridized carbons (Fsp3) is 0.281. The van der Waals surface area contributed by atoms with Gasteiger partial charge in [0.2, 0.25) is 0 Å². The van der Waals surface area contributed by atoms with Crippen molar-refractivity contribution in [3.63, 3.8) is 0 Å². The third-order valence-electron chi connectivity index (χ3n) is 7.35. The van der Waals surface area contributed by atoms with Crippen molar-refractivity contribution >= 4 is 29.3 Å². The van der Waals surface area contributed by atoms with E-state index >= 15 is 0 Å². The van der Waals surface area contributed by atoms with Crippen LogP contribution in [0.1, 0.15) is 45.3 Å². The van der Waals surface area contributed by atoms with E-state index in [1.165, 1.54) is 26.0 Å². The second-order valence-corrected chi connectivity index (χ2v) is 11.1. The van der Waals surface area contributed by atoms with E-state index in [0.717, 1.165) is 28.2 Å².